The molecular weight excluding hydrogens is 252 g/mol. The lowest BCUT2D eigenvalue weighted by Crippen LogP contribution is -2.40. The second kappa shape index (κ2) is 9.91. The molecule has 0 fully saturated rings. The fraction of sp³-hybridized carbons (Fsp3) is 0.769. The van der Waals surface area contributed by atoms with Gasteiger partial charge in [0.15, 0.2) is 0 Å². The minimum Gasteiger partial charge on any atom is -0.427 e. The standard InChI is InChI=1S/C13H24O6/c1-4-5-13(16,19-12(15)11(2)3)10-18-9-8-17-7-6-14/h14,16H,2,4-10H2,1,3H3. The summed E-state index contributed by atoms with van der Waals surface area (Å²) in [6, 6.07) is 0. The van der Waals surface area contributed by atoms with Crippen molar-refractivity contribution in [3.05, 3.63) is 12.2 Å². The van der Waals surface area contributed by atoms with Crippen LogP contribution in [0.5, 0.6) is 0 Å². The molecule has 1 atom stereocenters. The van der Waals surface area contributed by atoms with Gasteiger partial charge in [0.05, 0.1) is 26.4 Å². The summed E-state index contributed by atoms with van der Waals surface area (Å²) in [5.41, 5.74) is 0.223. The van der Waals surface area contributed by atoms with Crippen LogP contribution in [0.15, 0.2) is 12.2 Å². The molecular formula is C13H24O6. The maximum Gasteiger partial charge on any atom is 0.335 e. The monoisotopic (exact) mass is 276 g/mol. The lowest BCUT2D eigenvalue weighted by atomic mass is 10.1. The molecule has 2 N–H and O–H groups in total. The van der Waals surface area contributed by atoms with Crippen molar-refractivity contribution in [3.8, 4) is 0 Å². The fourth-order valence-electron chi connectivity index (χ4n) is 1.32. The molecule has 0 saturated heterocycles. The van der Waals surface area contributed by atoms with Crippen LogP contribution in [0.3, 0.4) is 0 Å². The molecule has 6 heteroatoms. The zero-order chi connectivity index (χ0) is 14.7. The second-order valence-electron chi connectivity index (χ2n) is 4.25. The van der Waals surface area contributed by atoms with Crippen LogP contribution < -0.4 is 0 Å². The lowest BCUT2D eigenvalue weighted by Gasteiger charge is -2.27. The largest absolute Gasteiger partial charge is 0.427 e. The fourth-order valence-corrected chi connectivity index (χ4v) is 1.32. The minimum absolute atomic E-state index is 0.0456. The highest BCUT2D eigenvalue weighted by Gasteiger charge is 2.31. The molecule has 6 nitrogen and oxygen atoms in total. The summed E-state index contributed by atoms with van der Waals surface area (Å²) in [6.45, 7) is 7.46. The first kappa shape index (κ1) is 18.0. The molecule has 0 bridgehead atoms. The minimum atomic E-state index is -1.64. The molecule has 0 rings (SSSR count). The van der Waals surface area contributed by atoms with Crippen LogP contribution in [-0.2, 0) is 19.0 Å². The Morgan fingerprint density at radius 1 is 1.26 bits per heavy atom. The zero-order valence-corrected chi connectivity index (χ0v) is 11.7. The maximum atomic E-state index is 11.4. The predicted octanol–water partition coefficient (Wildman–Crippen LogP) is 0.620. The Hall–Kier alpha value is -0.950. The molecule has 0 saturated carbocycles. The molecule has 0 amide bonds. The van der Waals surface area contributed by atoms with E-state index in [0.717, 1.165) is 0 Å². The van der Waals surface area contributed by atoms with Crippen molar-refractivity contribution in [2.24, 2.45) is 0 Å². The summed E-state index contributed by atoms with van der Waals surface area (Å²) in [5.74, 6) is -2.28. The van der Waals surface area contributed by atoms with E-state index in [1.165, 1.54) is 6.92 Å². The molecule has 0 heterocycles. The van der Waals surface area contributed by atoms with Crippen molar-refractivity contribution < 1.29 is 29.2 Å². The molecule has 0 spiro atoms. The normalized spacial score (nSPS) is 13.9. The Labute approximate surface area is 114 Å². The van der Waals surface area contributed by atoms with E-state index in [0.29, 0.717) is 13.0 Å². The molecule has 0 aromatic rings. The predicted molar refractivity (Wildman–Crippen MR) is 69.5 cm³/mol. The molecule has 0 aromatic heterocycles. The van der Waals surface area contributed by atoms with E-state index in [2.05, 4.69) is 6.58 Å². The van der Waals surface area contributed by atoms with Gasteiger partial charge in [-0.25, -0.2) is 4.79 Å². The number of rotatable bonds is 11. The van der Waals surface area contributed by atoms with Crippen LogP contribution in [-0.4, -0.2) is 55.0 Å². The molecule has 112 valence electrons. The van der Waals surface area contributed by atoms with Gasteiger partial charge >= 0.3 is 5.97 Å². The third-order valence-electron chi connectivity index (χ3n) is 2.21. The average molecular weight is 276 g/mol. The Bertz CT molecular complexity index is 278. The van der Waals surface area contributed by atoms with Gasteiger partial charge in [-0.05, 0) is 13.3 Å². The third kappa shape index (κ3) is 8.72. The van der Waals surface area contributed by atoms with E-state index in [-0.39, 0.29) is 38.4 Å². The molecule has 0 aliphatic heterocycles. The quantitative estimate of drug-likeness (QED) is 0.249. The van der Waals surface area contributed by atoms with E-state index in [4.69, 9.17) is 19.3 Å². The van der Waals surface area contributed by atoms with Gasteiger partial charge in [-0.2, -0.15) is 0 Å². The van der Waals surface area contributed by atoms with E-state index in [1.807, 2.05) is 6.92 Å². The Morgan fingerprint density at radius 2 is 1.89 bits per heavy atom. The summed E-state index contributed by atoms with van der Waals surface area (Å²) in [5, 5.41) is 18.6. The van der Waals surface area contributed by atoms with Gasteiger partial charge in [-0.1, -0.05) is 13.5 Å². The van der Waals surface area contributed by atoms with Crippen LogP contribution in [0, 0.1) is 0 Å². The van der Waals surface area contributed by atoms with Gasteiger partial charge in [0.2, 0.25) is 5.79 Å². The molecule has 0 aromatic carbocycles. The van der Waals surface area contributed by atoms with Crippen molar-refractivity contribution in [2.75, 3.05) is 33.0 Å². The molecule has 19 heavy (non-hydrogen) atoms. The van der Waals surface area contributed by atoms with Crippen molar-refractivity contribution in [1.29, 1.82) is 0 Å². The van der Waals surface area contributed by atoms with Gasteiger partial charge in [-0.3, -0.25) is 0 Å². The summed E-state index contributed by atoms with van der Waals surface area (Å²) in [7, 11) is 0. The third-order valence-corrected chi connectivity index (χ3v) is 2.21. The number of aliphatic hydroxyl groups is 2. The molecule has 0 aliphatic carbocycles. The number of ether oxygens (including phenoxy) is 3. The number of carbonyl (C=O) groups excluding carboxylic acids is 1. The van der Waals surface area contributed by atoms with E-state index in [9.17, 15) is 9.90 Å². The van der Waals surface area contributed by atoms with Gasteiger partial charge < -0.3 is 24.4 Å². The molecule has 0 aliphatic rings. The summed E-state index contributed by atoms with van der Waals surface area (Å²) in [6.07, 6.45) is 0.924. The number of hydrogen-bond donors (Lipinski definition) is 2. The smallest absolute Gasteiger partial charge is 0.335 e. The van der Waals surface area contributed by atoms with Crippen LogP contribution in [0.4, 0.5) is 0 Å². The number of aliphatic hydroxyl groups excluding tert-OH is 1. The van der Waals surface area contributed by atoms with E-state index < -0.39 is 11.8 Å². The van der Waals surface area contributed by atoms with Crippen molar-refractivity contribution in [3.63, 3.8) is 0 Å². The van der Waals surface area contributed by atoms with Crippen LogP contribution in [0.1, 0.15) is 26.7 Å². The average Bonchev–Trinajstić information content (AvgIpc) is 2.33. The number of esters is 1. The van der Waals surface area contributed by atoms with Gasteiger partial charge in [0.1, 0.15) is 6.61 Å². The summed E-state index contributed by atoms with van der Waals surface area (Å²) < 4.78 is 15.2. The Kier molecular flexibility index (Phi) is 9.42. The number of carbonyl (C=O) groups is 1. The van der Waals surface area contributed by atoms with Gasteiger partial charge in [0, 0.05) is 12.0 Å². The summed E-state index contributed by atoms with van der Waals surface area (Å²) >= 11 is 0. The van der Waals surface area contributed by atoms with Crippen LogP contribution >= 0.6 is 0 Å². The topological polar surface area (TPSA) is 85.2 Å². The van der Waals surface area contributed by atoms with Crippen molar-refractivity contribution in [1.82, 2.24) is 0 Å². The van der Waals surface area contributed by atoms with Crippen LogP contribution in [0.25, 0.3) is 0 Å². The SMILES string of the molecule is C=C(C)C(=O)OC(O)(CCC)COCCOCCO. The molecule has 0 radical (unpaired) electrons. The highest BCUT2D eigenvalue weighted by Crippen LogP contribution is 2.17. The lowest BCUT2D eigenvalue weighted by molar-refractivity contribution is -0.229. The second-order valence-corrected chi connectivity index (χ2v) is 4.25. The van der Waals surface area contributed by atoms with Crippen molar-refractivity contribution >= 4 is 5.97 Å². The van der Waals surface area contributed by atoms with Gasteiger partial charge in [-0.15, -0.1) is 0 Å². The highest BCUT2D eigenvalue weighted by atomic mass is 16.7. The Balaban J connectivity index is 4.08. The zero-order valence-electron chi connectivity index (χ0n) is 11.7. The van der Waals surface area contributed by atoms with Crippen molar-refractivity contribution in [2.45, 2.75) is 32.5 Å². The first-order valence-electron chi connectivity index (χ1n) is 6.32. The van der Waals surface area contributed by atoms with Crippen LogP contribution in [0.2, 0.25) is 0 Å². The summed E-state index contributed by atoms with van der Waals surface area (Å²) in [4.78, 5) is 11.4. The maximum absolute atomic E-state index is 11.4. The first-order chi connectivity index (χ1) is 8.95. The van der Waals surface area contributed by atoms with E-state index in [1.54, 1.807) is 0 Å². The molecule has 1 unspecified atom stereocenters. The first-order valence-corrected chi connectivity index (χ1v) is 6.32. The van der Waals surface area contributed by atoms with Gasteiger partial charge in [0.25, 0.3) is 0 Å². The van der Waals surface area contributed by atoms with E-state index >= 15 is 0 Å². The Morgan fingerprint density at radius 3 is 2.42 bits per heavy atom. The highest BCUT2D eigenvalue weighted by molar-refractivity contribution is 5.87. The number of hydrogen-bond acceptors (Lipinski definition) is 6.